The Morgan fingerprint density at radius 3 is 2.16 bits per heavy atom. The topological polar surface area (TPSA) is 17.1 Å². The van der Waals surface area contributed by atoms with E-state index in [-0.39, 0.29) is 5.56 Å². The van der Waals surface area contributed by atoms with E-state index < -0.39 is 11.7 Å². The molecular formula is C14H8BrF3O. The Labute approximate surface area is 116 Å². The molecule has 0 saturated carbocycles. The molecule has 0 spiro atoms. The lowest BCUT2D eigenvalue weighted by Crippen LogP contribution is -2.07. The van der Waals surface area contributed by atoms with Gasteiger partial charge < -0.3 is 0 Å². The van der Waals surface area contributed by atoms with Gasteiger partial charge in [-0.1, -0.05) is 46.3 Å². The molecule has 0 radical (unpaired) electrons. The molecule has 98 valence electrons. The summed E-state index contributed by atoms with van der Waals surface area (Å²) in [6, 6.07) is 9.99. The van der Waals surface area contributed by atoms with Gasteiger partial charge in [-0.05, 0) is 23.3 Å². The first-order valence-electron chi connectivity index (χ1n) is 5.34. The van der Waals surface area contributed by atoms with Crippen molar-refractivity contribution in [1.82, 2.24) is 0 Å². The summed E-state index contributed by atoms with van der Waals surface area (Å²) in [5.41, 5.74) is 0.230. The monoisotopic (exact) mass is 328 g/mol. The van der Waals surface area contributed by atoms with Gasteiger partial charge in [-0.15, -0.1) is 0 Å². The molecule has 19 heavy (non-hydrogen) atoms. The van der Waals surface area contributed by atoms with E-state index in [1.807, 2.05) is 0 Å². The quantitative estimate of drug-likeness (QED) is 0.713. The van der Waals surface area contributed by atoms with E-state index in [2.05, 4.69) is 15.9 Å². The second kappa shape index (κ2) is 5.17. The van der Waals surface area contributed by atoms with Gasteiger partial charge in [0.25, 0.3) is 0 Å². The van der Waals surface area contributed by atoms with Gasteiger partial charge in [-0.2, -0.15) is 13.2 Å². The number of rotatable bonds is 2. The first kappa shape index (κ1) is 13.8. The number of hydrogen-bond acceptors (Lipinski definition) is 1. The number of halogens is 4. The maximum absolute atomic E-state index is 13.0. The predicted octanol–water partition coefficient (Wildman–Crippen LogP) is 4.95. The molecular weight excluding hydrogens is 321 g/mol. The SMILES string of the molecule is O=Cc1ccc(-c2ccc(Br)cc2C(F)(F)F)cc1. The second-order valence-electron chi connectivity index (χ2n) is 3.93. The molecule has 2 aromatic rings. The van der Waals surface area contributed by atoms with Crippen LogP contribution in [0.2, 0.25) is 0 Å². The van der Waals surface area contributed by atoms with Crippen LogP contribution in [0.15, 0.2) is 46.9 Å². The van der Waals surface area contributed by atoms with E-state index in [1.54, 1.807) is 6.07 Å². The molecule has 0 unspecified atom stereocenters. The minimum absolute atomic E-state index is 0.0909. The van der Waals surface area contributed by atoms with Crippen molar-refractivity contribution in [3.05, 3.63) is 58.1 Å². The van der Waals surface area contributed by atoms with Crippen molar-refractivity contribution in [1.29, 1.82) is 0 Å². The minimum Gasteiger partial charge on any atom is -0.298 e. The first-order valence-corrected chi connectivity index (χ1v) is 6.13. The van der Waals surface area contributed by atoms with E-state index in [0.717, 1.165) is 6.07 Å². The number of carbonyl (C=O) groups excluding carboxylic acids is 1. The molecule has 1 nitrogen and oxygen atoms in total. The summed E-state index contributed by atoms with van der Waals surface area (Å²) in [6.07, 6.45) is -3.78. The van der Waals surface area contributed by atoms with Gasteiger partial charge >= 0.3 is 6.18 Å². The van der Waals surface area contributed by atoms with Gasteiger partial charge in [-0.25, -0.2) is 0 Å². The van der Waals surface area contributed by atoms with Gasteiger partial charge in [0.2, 0.25) is 0 Å². The molecule has 0 aliphatic rings. The highest BCUT2D eigenvalue weighted by atomic mass is 79.9. The van der Waals surface area contributed by atoms with E-state index in [4.69, 9.17) is 0 Å². The molecule has 0 aliphatic carbocycles. The number of carbonyl (C=O) groups is 1. The maximum atomic E-state index is 13.0. The van der Waals surface area contributed by atoms with Crippen molar-refractivity contribution in [3.63, 3.8) is 0 Å². The van der Waals surface area contributed by atoms with E-state index in [1.165, 1.54) is 30.3 Å². The molecule has 0 heterocycles. The molecule has 0 amide bonds. The zero-order valence-corrected chi connectivity index (χ0v) is 11.1. The van der Waals surface area contributed by atoms with Gasteiger partial charge in [0, 0.05) is 10.0 Å². The summed E-state index contributed by atoms with van der Waals surface area (Å²) in [5, 5.41) is 0. The summed E-state index contributed by atoms with van der Waals surface area (Å²) in [4.78, 5) is 10.5. The molecule has 0 aromatic heterocycles. The lowest BCUT2D eigenvalue weighted by Gasteiger charge is -2.13. The fourth-order valence-corrected chi connectivity index (χ4v) is 2.11. The maximum Gasteiger partial charge on any atom is 0.417 e. The van der Waals surface area contributed by atoms with Crippen LogP contribution in [0.4, 0.5) is 13.2 Å². The zero-order valence-electron chi connectivity index (χ0n) is 9.54. The largest absolute Gasteiger partial charge is 0.417 e. The summed E-state index contributed by atoms with van der Waals surface area (Å²) in [5.74, 6) is 0. The molecule has 5 heteroatoms. The highest BCUT2D eigenvalue weighted by Gasteiger charge is 2.33. The Hall–Kier alpha value is -1.62. The first-order chi connectivity index (χ1) is 8.91. The molecule has 0 saturated heterocycles. The van der Waals surface area contributed by atoms with Crippen LogP contribution in [0.1, 0.15) is 15.9 Å². The number of alkyl halides is 3. The molecule has 0 N–H and O–H groups in total. The van der Waals surface area contributed by atoms with Crippen LogP contribution in [0.3, 0.4) is 0 Å². The summed E-state index contributed by atoms with van der Waals surface area (Å²) in [7, 11) is 0. The van der Waals surface area contributed by atoms with Gasteiger partial charge in [0.15, 0.2) is 0 Å². The molecule has 0 aliphatic heterocycles. The Balaban J connectivity index is 2.57. The molecule has 2 rings (SSSR count). The van der Waals surface area contributed by atoms with Crippen molar-refractivity contribution in [2.45, 2.75) is 6.18 Å². The summed E-state index contributed by atoms with van der Waals surface area (Å²) in [6.45, 7) is 0. The lowest BCUT2D eigenvalue weighted by molar-refractivity contribution is -0.137. The third-order valence-corrected chi connectivity index (χ3v) is 3.14. The standard InChI is InChI=1S/C14H8BrF3O/c15-11-5-6-12(13(7-11)14(16,17)18)10-3-1-9(8-19)2-4-10/h1-8H. The van der Waals surface area contributed by atoms with Crippen LogP contribution in [0, 0.1) is 0 Å². The van der Waals surface area contributed by atoms with Crippen LogP contribution in [0.25, 0.3) is 11.1 Å². The number of hydrogen-bond donors (Lipinski definition) is 0. The number of aldehydes is 1. The number of benzene rings is 2. The Morgan fingerprint density at radius 2 is 1.63 bits per heavy atom. The summed E-state index contributed by atoms with van der Waals surface area (Å²) >= 11 is 3.04. The van der Waals surface area contributed by atoms with Crippen molar-refractivity contribution >= 4 is 22.2 Å². The van der Waals surface area contributed by atoms with Crippen molar-refractivity contribution in [3.8, 4) is 11.1 Å². The normalized spacial score (nSPS) is 11.4. The van der Waals surface area contributed by atoms with Crippen molar-refractivity contribution < 1.29 is 18.0 Å². The van der Waals surface area contributed by atoms with Crippen LogP contribution in [0.5, 0.6) is 0 Å². The second-order valence-corrected chi connectivity index (χ2v) is 4.84. The highest BCUT2D eigenvalue weighted by Crippen LogP contribution is 2.38. The van der Waals surface area contributed by atoms with Gasteiger partial charge in [0.1, 0.15) is 6.29 Å². The third kappa shape index (κ3) is 3.04. The molecule has 2 aromatic carbocycles. The fourth-order valence-electron chi connectivity index (χ4n) is 1.74. The average Bonchev–Trinajstić information content (AvgIpc) is 2.38. The summed E-state index contributed by atoms with van der Waals surface area (Å²) < 4.78 is 39.3. The van der Waals surface area contributed by atoms with Gasteiger partial charge in [0.05, 0.1) is 5.56 Å². The molecule has 0 atom stereocenters. The molecule has 0 fully saturated rings. The molecule has 0 bridgehead atoms. The van der Waals surface area contributed by atoms with Crippen molar-refractivity contribution in [2.75, 3.05) is 0 Å². The zero-order chi connectivity index (χ0) is 14.0. The smallest absolute Gasteiger partial charge is 0.298 e. The Bertz CT molecular complexity index is 603. The predicted molar refractivity (Wildman–Crippen MR) is 70.0 cm³/mol. The van der Waals surface area contributed by atoms with Crippen LogP contribution in [-0.4, -0.2) is 6.29 Å². The fraction of sp³-hybridized carbons (Fsp3) is 0.0714. The van der Waals surface area contributed by atoms with E-state index in [0.29, 0.717) is 21.9 Å². The van der Waals surface area contributed by atoms with Crippen LogP contribution in [-0.2, 0) is 6.18 Å². The van der Waals surface area contributed by atoms with Crippen molar-refractivity contribution in [2.24, 2.45) is 0 Å². The minimum atomic E-state index is -4.43. The third-order valence-electron chi connectivity index (χ3n) is 2.64. The van der Waals surface area contributed by atoms with E-state index >= 15 is 0 Å². The highest BCUT2D eigenvalue weighted by molar-refractivity contribution is 9.10. The Kier molecular flexibility index (Phi) is 3.75. The van der Waals surface area contributed by atoms with E-state index in [9.17, 15) is 18.0 Å². The van der Waals surface area contributed by atoms with Crippen LogP contribution < -0.4 is 0 Å². The Morgan fingerprint density at radius 1 is 1.00 bits per heavy atom. The van der Waals surface area contributed by atoms with Gasteiger partial charge in [-0.3, -0.25) is 4.79 Å². The average molecular weight is 329 g/mol. The van der Waals surface area contributed by atoms with Crippen LogP contribution >= 0.6 is 15.9 Å². The lowest BCUT2D eigenvalue weighted by atomic mass is 9.98.